The van der Waals surface area contributed by atoms with Gasteiger partial charge in [0, 0.05) is 0 Å². The molecule has 8 heavy (non-hydrogen) atoms. The van der Waals surface area contributed by atoms with Crippen molar-refractivity contribution in [3.05, 3.63) is 22.7 Å². The number of hydrogen-bond acceptors (Lipinski definition) is 0. The molecule has 0 unspecified atom stereocenters. The molecule has 0 spiro atoms. The maximum absolute atomic E-state index is 2.21. The standard InChI is InChI=1S/C5H5.C2H5.Co/c1-2-4-5-3-1;1-2;/h1-3H,4H2;1H2,2H3;. The second-order valence-corrected chi connectivity index (χ2v) is 3.34. The van der Waals surface area contributed by atoms with Gasteiger partial charge in [0.25, 0.3) is 0 Å². The zero-order chi connectivity index (χ0) is 5.82. The van der Waals surface area contributed by atoms with E-state index in [2.05, 4.69) is 25.2 Å². The summed E-state index contributed by atoms with van der Waals surface area (Å²) in [6.45, 7) is 2.21. The van der Waals surface area contributed by atoms with Gasteiger partial charge in [-0.15, -0.1) is 0 Å². The monoisotopic (exact) mass is 153 g/mol. The second kappa shape index (κ2) is 3.10. The first-order valence-electron chi connectivity index (χ1n) is 2.83. The van der Waals surface area contributed by atoms with E-state index in [0.29, 0.717) is 0 Å². The van der Waals surface area contributed by atoms with Gasteiger partial charge in [-0.2, -0.15) is 0 Å². The quantitative estimate of drug-likeness (QED) is 0.571. The molecule has 0 aromatic rings. The van der Waals surface area contributed by atoms with Crippen LogP contribution in [0.3, 0.4) is 0 Å². The summed E-state index contributed by atoms with van der Waals surface area (Å²) in [6, 6.07) is 0. The molecular weight excluding hydrogens is 143 g/mol. The summed E-state index contributed by atoms with van der Waals surface area (Å²) in [5, 5.41) is 1.25. The number of allylic oxidation sites excluding steroid dienone is 4. The van der Waals surface area contributed by atoms with Gasteiger partial charge in [-0.3, -0.25) is 0 Å². The van der Waals surface area contributed by atoms with Crippen molar-refractivity contribution in [2.24, 2.45) is 0 Å². The van der Waals surface area contributed by atoms with Crippen molar-refractivity contribution in [3.8, 4) is 0 Å². The van der Waals surface area contributed by atoms with E-state index in [1.807, 2.05) is 0 Å². The van der Waals surface area contributed by atoms with Gasteiger partial charge in [-0.05, 0) is 0 Å². The molecule has 47 valence electrons. The molecular formula is C7H10Co. The summed E-state index contributed by atoms with van der Waals surface area (Å²) >= 11 is 1.53. The Morgan fingerprint density at radius 1 is 1.75 bits per heavy atom. The van der Waals surface area contributed by atoms with E-state index in [9.17, 15) is 0 Å². The molecule has 1 heteroatoms. The third kappa shape index (κ3) is 1.49. The van der Waals surface area contributed by atoms with Crippen molar-refractivity contribution in [1.82, 2.24) is 0 Å². The van der Waals surface area contributed by atoms with Crippen LogP contribution in [0.15, 0.2) is 22.7 Å². The Kier molecular flexibility index (Phi) is 2.37. The molecule has 0 fully saturated rings. The van der Waals surface area contributed by atoms with Gasteiger partial charge in [-0.1, -0.05) is 0 Å². The average molecular weight is 153 g/mol. The Bertz CT molecular complexity index is 122. The fourth-order valence-electron chi connectivity index (χ4n) is 0.650. The van der Waals surface area contributed by atoms with Crippen LogP contribution in [-0.4, -0.2) is 0 Å². The van der Waals surface area contributed by atoms with Crippen LogP contribution in [0.5, 0.6) is 0 Å². The van der Waals surface area contributed by atoms with E-state index in [1.54, 1.807) is 4.51 Å². The Balaban J connectivity index is 2.28. The van der Waals surface area contributed by atoms with Gasteiger partial charge in [-0.25, -0.2) is 0 Å². The van der Waals surface area contributed by atoms with E-state index in [-0.39, 0.29) is 0 Å². The summed E-state index contributed by atoms with van der Waals surface area (Å²) in [5.74, 6) is 0. The van der Waals surface area contributed by atoms with Crippen molar-refractivity contribution in [2.45, 2.75) is 18.7 Å². The molecule has 0 N–H and O–H groups in total. The van der Waals surface area contributed by atoms with Crippen LogP contribution in [0.1, 0.15) is 13.3 Å². The minimum absolute atomic E-state index is 1.19. The normalized spacial score (nSPS) is 17.4. The molecule has 0 amide bonds. The first-order chi connectivity index (χ1) is 3.93. The van der Waals surface area contributed by atoms with E-state index in [1.165, 1.54) is 26.5 Å². The molecule has 0 aromatic carbocycles. The third-order valence-electron chi connectivity index (χ3n) is 0.979. The summed E-state index contributed by atoms with van der Waals surface area (Å²) in [7, 11) is 0. The second-order valence-electron chi connectivity index (χ2n) is 1.57. The van der Waals surface area contributed by atoms with E-state index >= 15 is 0 Å². The van der Waals surface area contributed by atoms with Crippen LogP contribution >= 0.6 is 0 Å². The van der Waals surface area contributed by atoms with Crippen molar-refractivity contribution in [3.63, 3.8) is 0 Å². The molecule has 0 nitrogen and oxygen atoms in total. The summed E-state index contributed by atoms with van der Waals surface area (Å²) in [5.41, 5.74) is 0. The molecule has 1 rings (SSSR count). The Morgan fingerprint density at radius 3 is 3.12 bits per heavy atom. The molecule has 0 saturated carbocycles. The summed E-state index contributed by atoms with van der Waals surface area (Å²) < 4.78 is 1.56. The Hall–Kier alpha value is -0.0135. The molecule has 0 bridgehead atoms. The molecule has 0 radical (unpaired) electrons. The van der Waals surface area contributed by atoms with E-state index < -0.39 is 0 Å². The van der Waals surface area contributed by atoms with E-state index in [4.69, 9.17) is 0 Å². The first kappa shape index (κ1) is 6.11. The molecule has 0 saturated heterocycles. The molecule has 0 aromatic heterocycles. The van der Waals surface area contributed by atoms with Gasteiger partial charge in [0.15, 0.2) is 0 Å². The van der Waals surface area contributed by atoms with Crippen LogP contribution in [-0.2, 0) is 14.7 Å². The van der Waals surface area contributed by atoms with Crippen LogP contribution in [0.2, 0.25) is 5.36 Å². The molecule has 1 aliphatic carbocycles. The number of hydrogen-bond donors (Lipinski definition) is 0. The zero-order valence-corrected chi connectivity index (χ0v) is 6.02. The topological polar surface area (TPSA) is 0 Å². The number of rotatable bonds is 2. The van der Waals surface area contributed by atoms with Gasteiger partial charge in [0.1, 0.15) is 0 Å². The molecule has 1 aliphatic rings. The predicted octanol–water partition coefficient (Wildman–Crippen LogP) is 2.35. The van der Waals surface area contributed by atoms with Gasteiger partial charge >= 0.3 is 56.1 Å². The van der Waals surface area contributed by atoms with Crippen LogP contribution in [0, 0.1) is 0 Å². The molecule has 0 aliphatic heterocycles. The average Bonchev–Trinajstić information content (AvgIpc) is 2.19. The SMILES string of the molecule is C[CH2][Co][C]1=CC=CC1. The van der Waals surface area contributed by atoms with E-state index in [0.717, 1.165) is 0 Å². The van der Waals surface area contributed by atoms with Gasteiger partial charge in [0.05, 0.1) is 0 Å². The zero-order valence-electron chi connectivity index (χ0n) is 4.98. The first-order valence-corrected chi connectivity index (χ1v) is 4.08. The van der Waals surface area contributed by atoms with Crippen molar-refractivity contribution < 1.29 is 14.7 Å². The maximum atomic E-state index is 2.21. The fraction of sp³-hybridized carbons (Fsp3) is 0.429. The van der Waals surface area contributed by atoms with Gasteiger partial charge in [0.2, 0.25) is 0 Å². The predicted molar refractivity (Wildman–Crippen MR) is 32.3 cm³/mol. The Morgan fingerprint density at radius 2 is 2.62 bits per heavy atom. The van der Waals surface area contributed by atoms with Crippen molar-refractivity contribution >= 4 is 0 Å². The third-order valence-corrected chi connectivity index (χ3v) is 2.21. The fourth-order valence-corrected chi connectivity index (χ4v) is 1.62. The molecule has 0 atom stereocenters. The van der Waals surface area contributed by atoms with Crippen LogP contribution < -0.4 is 0 Å². The van der Waals surface area contributed by atoms with Crippen LogP contribution in [0.4, 0.5) is 0 Å². The van der Waals surface area contributed by atoms with Gasteiger partial charge < -0.3 is 0 Å². The van der Waals surface area contributed by atoms with Crippen LogP contribution in [0.25, 0.3) is 0 Å². The minimum atomic E-state index is 1.19. The summed E-state index contributed by atoms with van der Waals surface area (Å²) in [6.07, 6.45) is 7.74. The molecule has 0 heterocycles. The van der Waals surface area contributed by atoms with Crippen molar-refractivity contribution in [1.29, 1.82) is 0 Å². The summed E-state index contributed by atoms with van der Waals surface area (Å²) in [4.78, 5) is 0. The Labute approximate surface area is 56.7 Å². The van der Waals surface area contributed by atoms with Crippen molar-refractivity contribution in [2.75, 3.05) is 0 Å².